The van der Waals surface area contributed by atoms with E-state index in [9.17, 15) is 19.2 Å². The van der Waals surface area contributed by atoms with Crippen LogP contribution < -0.4 is 32.7 Å². The standard InChI is InChI=1S/C31H62N4O2.C25H48N2O2.2ClH/c1-3-4-5-6-7-8-9-10-11-12-13-14-15-16-19-25-30(36)35-29(24-20-21-26-32)31(37)34-28-23-18-17-22-27-33-2;1-3-4-5-6-7-8-9-10-11-12-13-14-15-16-17-21-25(29)27-24(23(2)28)20-18-19-22-26;;/h10-11,29,33H,3-9,12-28,32H2,1-2H3,(H,34,37)(H,35,36);10-11,24H,3-9,12-22,26H2,1-2H3,(H,27,29);2*1H/b2*11-10-;;. The number of hydrogen-bond donors (Lipinski definition) is 6. The van der Waals surface area contributed by atoms with Gasteiger partial charge in [-0.2, -0.15) is 0 Å². The second kappa shape index (κ2) is 61.1. The van der Waals surface area contributed by atoms with E-state index in [-0.39, 0.29) is 54.4 Å². The number of ketones is 1. The number of rotatable bonds is 49. The molecule has 404 valence electrons. The van der Waals surface area contributed by atoms with Crippen LogP contribution >= 0.6 is 24.8 Å². The first-order chi connectivity index (χ1) is 32.3. The number of Topliss-reactive ketones (excluding diaryl/α,β-unsaturated/α-hetero) is 1. The molecule has 0 aromatic rings. The molecule has 0 spiro atoms. The molecule has 0 radical (unpaired) electrons. The Morgan fingerprint density at radius 2 is 0.765 bits per heavy atom. The number of halogens is 2. The number of carbonyl (C=O) groups excluding carboxylic acids is 4. The van der Waals surface area contributed by atoms with Crippen molar-refractivity contribution in [1.82, 2.24) is 21.3 Å². The minimum atomic E-state index is -0.438. The van der Waals surface area contributed by atoms with Gasteiger partial charge in [-0.25, -0.2) is 0 Å². The average molecular weight is 1000 g/mol. The quantitative estimate of drug-likeness (QED) is 0.0260. The molecule has 0 saturated heterocycles. The van der Waals surface area contributed by atoms with Crippen molar-refractivity contribution in [1.29, 1.82) is 0 Å². The van der Waals surface area contributed by atoms with Crippen LogP contribution in [0.25, 0.3) is 0 Å². The Hall–Kier alpha value is -1.98. The summed E-state index contributed by atoms with van der Waals surface area (Å²) in [5.74, 6) is -0.00164. The second-order valence-corrected chi connectivity index (χ2v) is 18.9. The highest BCUT2D eigenvalue weighted by Gasteiger charge is 2.20. The summed E-state index contributed by atoms with van der Waals surface area (Å²) < 4.78 is 0. The Morgan fingerprint density at radius 3 is 1.15 bits per heavy atom. The minimum Gasteiger partial charge on any atom is -0.354 e. The molecule has 0 bridgehead atoms. The van der Waals surface area contributed by atoms with Crippen LogP contribution in [-0.4, -0.2) is 68.8 Å². The van der Waals surface area contributed by atoms with Gasteiger partial charge in [0.25, 0.3) is 0 Å². The molecule has 0 rings (SSSR count). The third-order valence-electron chi connectivity index (χ3n) is 12.4. The van der Waals surface area contributed by atoms with E-state index >= 15 is 0 Å². The van der Waals surface area contributed by atoms with E-state index in [0.29, 0.717) is 45.3 Å². The Balaban J connectivity index is -0.000000601. The second-order valence-electron chi connectivity index (χ2n) is 18.9. The molecule has 10 nitrogen and oxygen atoms in total. The summed E-state index contributed by atoms with van der Waals surface area (Å²) in [6, 6.07) is -0.774. The van der Waals surface area contributed by atoms with Gasteiger partial charge in [-0.3, -0.25) is 19.2 Å². The van der Waals surface area contributed by atoms with Crippen LogP contribution in [0.4, 0.5) is 0 Å². The fourth-order valence-electron chi connectivity index (χ4n) is 7.99. The lowest BCUT2D eigenvalue weighted by Gasteiger charge is -2.18. The zero-order chi connectivity index (χ0) is 48.8. The molecular formula is C56H112Cl2N6O4. The van der Waals surface area contributed by atoms with Crippen LogP contribution in [0.2, 0.25) is 0 Å². The number of nitrogens with two attached hydrogens (primary N) is 2. The summed E-state index contributed by atoms with van der Waals surface area (Å²) in [5, 5.41) is 12.0. The highest BCUT2D eigenvalue weighted by atomic mass is 35.5. The number of hydrogen-bond acceptors (Lipinski definition) is 7. The summed E-state index contributed by atoms with van der Waals surface area (Å²) in [4.78, 5) is 48.8. The van der Waals surface area contributed by atoms with E-state index in [1.165, 1.54) is 154 Å². The fraction of sp³-hybridized carbons (Fsp3) is 0.857. The third-order valence-corrected chi connectivity index (χ3v) is 12.4. The predicted molar refractivity (Wildman–Crippen MR) is 299 cm³/mol. The van der Waals surface area contributed by atoms with Crippen LogP contribution in [0, 0.1) is 0 Å². The molecule has 0 aromatic heterocycles. The van der Waals surface area contributed by atoms with Crippen molar-refractivity contribution < 1.29 is 19.2 Å². The molecule has 8 N–H and O–H groups in total. The smallest absolute Gasteiger partial charge is 0.242 e. The largest absolute Gasteiger partial charge is 0.354 e. The Morgan fingerprint density at radius 1 is 0.426 bits per heavy atom. The van der Waals surface area contributed by atoms with Crippen LogP contribution in [0.3, 0.4) is 0 Å². The summed E-state index contributed by atoms with van der Waals surface area (Å²) in [7, 11) is 1.97. The van der Waals surface area contributed by atoms with Crippen LogP contribution in [0.1, 0.15) is 265 Å². The van der Waals surface area contributed by atoms with Crippen molar-refractivity contribution in [3.8, 4) is 0 Å². The molecule has 2 unspecified atom stereocenters. The number of amides is 3. The summed E-state index contributed by atoms with van der Waals surface area (Å²) in [6.07, 6.45) is 52.2. The van der Waals surface area contributed by atoms with Crippen molar-refractivity contribution in [2.45, 2.75) is 277 Å². The summed E-state index contributed by atoms with van der Waals surface area (Å²) >= 11 is 0. The molecule has 0 aliphatic heterocycles. The van der Waals surface area contributed by atoms with Crippen LogP contribution in [-0.2, 0) is 19.2 Å². The third kappa shape index (κ3) is 56.6. The van der Waals surface area contributed by atoms with Gasteiger partial charge in [0.15, 0.2) is 5.78 Å². The molecule has 0 aliphatic rings. The van der Waals surface area contributed by atoms with E-state index in [2.05, 4.69) is 59.4 Å². The summed E-state index contributed by atoms with van der Waals surface area (Å²) in [5.41, 5.74) is 11.1. The normalized spacial score (nSPS) is 11.9. The maximum atomic E-state index is 12.6. The first kappa shape index (κ1) is 72.6. The van der Waals surface area contributed by atoms with Gasteiger partial charge in [-0.05, 0) is 149 Å². The lowest BCUT2D eigenvalue weighted by Crippen LogP contribution is -2.47. The van der Waals surface area contributed by atoms with Crippen molar-refractivity contribution in [3.63, 3.8) is 0 Å². The Bertz CT molecular complexity index is 1140. The topological polar surface area (TPSA) is 168 Å². The van der Waals surface area contributed by atoms with E-state index in [4.69, 9.17) is 11.5 Å². The molecule has 0 aromatic carbocycles. The predicted octanol–water partition coefficient (Wildman–Crippen LogP) is 13.6. The van der Waals surface area contributed by atoms with Crippen LogP contribution in [0.15, 0.2) is 24.3 Å². The number of unbranched alkanes of at least 4 members (excludes halogenated alkanes) is 27. The molecule has 3 amide bonds. The molecular weight excluding hydrogens is 892 g/mol. The first-order valence-electron chi connectivity index (χ1n) is 28.0. The van der Waals surface area contributed by atoms with Crippen molar-refractivity contribution in [3.05, 3.63) is 24.3 Å². The van der Waals surface area contributed by atoms with Gasteiger partial charge in [0.1, 0.15) is 6.04 Å². The first-order valence-corrected chi connectivity index (χ1v) is 28.0. The fourth-order valence-corrected chi connectivity index (χ4v) is 7.99. The van der Waals surface area contributed by atoms with Gasteiger partial charge in [0.05, 0.1) is 6.04 Å². The molecule has 0 fully saturated rings. The van der Waals surface area contributed by atoms with Crippen LogP contribution in [0.5, 0.6) is 0 Å². The van der Waals surface area contributed by atoms with E-state index in [0.717, 1.165) is 70.8 Å². The number of carbonyl (C=O) groups is 4. The molecule has 0 aliphatic carbocycles. The van der Waals surface area contributed by atoms with Crippen molar-refractivity contribution >= 4 is 48.3 Å². The Kier molecular flexibility index (Phi) is 65.2. The molecule has 0 saturated carbocycles. The van der Waals surface area contributed by atoms with Gasteiger partial charge in [-0.1, -0.05) is 154 Å². The minimum absolute atomic E-state index is 0. The molecule has 68 heavy (non-hydrogen) atoms. The monoisotopic (exact) mass is 1000 g/mol. The lowest BCUT2D eigenvalue weighted by atomic mass is 10.0. The van der Waals surface area contributed by atoms with Gasteiger partial charge >= 0.3 is 0 Å². The highest BCUT2D eigenvalue weighted by molar-refractivity contribution is 5.88. The Labute approximate surface area is 432 Å². The average Bonchev–Trinajstić information content (AvgIpc) is 3.30. The van der Waals surface area contributed by atoms with Gasteiger partial charge < -0.3 is 32.7 Å². The zero-order valence-corrected chi connectivity index (χ0v) is 46.4. The number of nitrogens with one attached hydrogen (secondary N) is 4. The van der Waals surface area contributed by atoms with Gasteiger partial charge in [0.2, 0.25) is 17.7 Å². The lowest BCUT2D eigenvalue weighted by molar-refractivity contribution is -0.129. The van der Waals surface area contributed by atoms with Crippen molar-refractivity contribution in [2.24, 2.45) is 11.5 Å². The number of allylic oxidation sites excluding steroid dienone is 4. The van der Waals surface area contributed by atoms with Gasteiger partial charge in [-0.15, -0.1) is 24.8 Å². The molecule has 2 atom stereocenters. The summed E-state index contributed by atoms with van der Waals surface area (Å²) in [6.45, 7) is 9.04. The van der Waals surface area contributed by atoms with E-state index in [1.807, 2.05) is 7.05 Å². The van der Waals surface area contributed by atoms with Gasteiger partial charge in [0, 0.05) is 19.4 Å². The zero-order valence-electron chi connectivity index (χ0n) is 44.8. The van der Waals surface area contributed by atoms with E-state index in [1.54, 1.807) is 6.92 Å². The molecule has 0 heterocycles. The molecule has 12 heteroatoms. The van der Waals surface area contributed by atoms with E-state index < -0.39 is 6.04 Å². The SMILES string of the molecule is CCCCCCCC/C=C\CCCCCCCC(=O)NC(CCCCN)C(=O)NCCCCCCNC.CCCCCCCC/C=C\CCCCCCCC(=O)NC(CCCCN)C(C)=O.Cl.Cl. The maximum Gasteiger partial charge on any atom is 0.242 e. The maximum absolute atomic E-state index is 12.6. The van der Waals surface area contributed by atoms with Crippen molar-refractivity contribution in [2.75, 3.05) is 33.2 Å². The highest BCUT2D eigenvalue weighted by Crippen LogP contribution is 2.13.